The molecular weight excluding hydrogens is 542 g/mol. The molecule has 0 aromatic heterocycles. The van der Waals surface area contributed by atoms with Crippen molar-refractivity contribution in [2.24, 2.45) is 0 Å². The van der Waals surface area contributed by atoms with Gasteiger partial charge in [-0.25, -0.2) is 8.42 Å². The van der Waals surface area contributed by atoms with Crippen LogP contribution in [0.5, 0.6) is 0 Å². The van der Waals surface area contributed by atoms with Crippen LogP contribution in [0.15, 0.2) is 46.9 Å². The Labute approximate surface area is 224 Å². The van der Waals surface area contributed by atoms with Gasteiger partial charge in [-0.3, -0.25) is 13.9 Å². The lowest BCUT2D eigenvalue weighted by atomic mass is 10.1. The Morgan fingerprint density at radius 2 is 1.72 bits per heavy atom. The van der Waals surface area contributed by atoms with Gasteiger partial charge in [0.15, 0.2) is 0 Å². The fraction of sp³-hybridized carbons (Fsp3) is 0.481. The Bertz CT molecular complexity index is 1140. The molecule has 0 heterocycles. The molecule has 0 unspecified atom stereocenters. The van der Waals surface area contributed by atoms with E-state index in [4.69, 9.17) is 0 Å². The minimum atomic E-state index is -3.53. The quantitative estimate of drug-likeness (QED) is 0.340. The summed E-state index contributed by atoms with van der Waals surface area (Å²) in [4.78, 5) is 27.7. The van der Waals surface area contributed by atoms with Crippen molar-refractivity contribution in [3.63, 3.8) is 0 Å². The number of sulfonamides is 1. The summed E-state index contributed by atoms with van der Waals surface area (Å²) >= 11 is 3.42. The monoisotopic (exact) mass is 579 g/mol. The third kappa shape index (κ3) is 8.92. The highest BCUT2D eigenvalue weighted by Gasteiger charge is 2.26. The molecule has 0 bridgehead atoms. The molecule has 2 aromatic carbocycles. The minimum absolute atomic E-state index is 0.125. The minimum Gasteiger partial charge on any atom is -0.354 e. The summed E-state index contributed by atoms with van der Waals surface area (Å²) in [6.45, 7) is 8.61. The number of amides is 2. The zero-order chi connectivity index (χ0) is 26.9. The van der Waals surface area contributed by atoms with Gasteiger partial charge in [-0.05, 0) is 68.5 Å². The van der Waals surface area contributed by atoms with Gasteiger partial charge < -0.3 is 10.2 Å². The maximum absolute atomic E-state index is 13.3. The molecule has 0 aliphatic carbocycles. The molecule has 1 atom stereocenters. The third-order valence-corrected chi connectivity index (χ3v) is 7.76. The lowest BCUT2D eigenvalue weighted by Crippen LogP contribution is -2.48. The van der Waals surface area contributed by atoms with Crippen molar-refractivity contribution < 1.29 is 18.0 Å². The van der Waals surface area contributed by atoms with E-state index in [0.717, 1.165) is 34.0 Å². The SMILES string of the molecule is CCCCNC(=O)[C@H](C)N(Cc1ccc(Br)cc1)C(=O)CCCN(c1cc(C)ccc1C)S(C)(=O)=O. The van der Waals surface area contributed by atoms with Crippen LogP contribution in [0.1, 0.15) is 56.2 Å². The van der Waals surface area contributed by atoms with E-state index in [0.29, 0.717) is 25.2 Å². The zero-order valence-electron chi connectivity index (χ0n) is 21.9. The number of hydrogen-bond acceptors (Lipinski definition) is 4. The van der Waals surface area contributed by atoms with E-state index in [2.05, 4.69) is 28.2 Å². The summed E-state index contributed by atoms with van der Waals surface area (Å²) in [7, 11) is -3.53. The fourth-order valence-corrected chi connectivity index (χ4v) is 5.15. The standard InChI is InChI=1S/C27H38BrN3O4S/c1-6-7-16-29-27(33)22(4)30(19-23-12-14-24(28)15-13-23)26(32)9-8-17-31(36(5,34)35)25-18-20(2)10-11-21(25)3/h10-15,18,22H,6-9,16-17,19H2,1-5H3,(H,29,33)/t22-/m0/s1. The van der Waals surface area contributed by atoms with E-state index in [1.54, 1.807) is 11.8 Å². The second-order valence-electron chi connectivity index (χ2n) is 9.20. The molecular formula is C27H38BrN3O4S. The van der Waals surface area contributed by atoms with Crippen LogP contribution in [-0.2, 0) is 26.2 Å². The predicted octanol–water partition coefficient (Wildman–Crippen LogP) is 4.95. The molecule has 36 heavy (non-hydrogen) atoms. The van der Waals surface area contributed by atoms with Gasteiger partial charge in [0.2, 0.25) is 21.8 Å². The maximum atomic E-state index is 13.3. The molecule has 0 radical (unpaired) electrons. The first kappa shape index (κ1) is 29.8. The number of halogens is 1. The summed E-state index contributed by atoms with van der Waals surface area (Å²) in [5.74, 6) is -0.382. The molecule has 2 aromatic rings. The molecule has 2 rings (SSSR count). The van der Waals surface area contributed by atoms with Crippen molar-refractivity contribution in [2.75, 3.05) is 23.7 Å². The van der Waals surface area contributed by atoms with Crippen LogP contribution in [0, 0.1) is 13.8 Å². The van der Waals surface area contributed by atoms with Crippen LogP contribution in [0.4, 0.5) is 5.69 Å². The number of aryl methyl sites for hydroxylation is 2. The summed E-state index contributed by atoms with van der Waals surface area (Å²) in [5.41, 5.74) is 3.35. The summed E-state index contributed by atoms with van der Waals surface area (Å²) in [6, 6.07) is 12.7. The van der Waals surface area contributed by atoms with Crippen LogP contribution in [-0.4, -0.2) is 50.5 Å². The summed E-state index contributed by atoms with van der Waals surface area (Å²) in [5, 5.41) is 2.91. The molecule has 1 N–H and O–H groups in total. The molecule has 0 saturated heterocycles. The number of nitrogens with one attached hydrogen (secondary N) is 1. The van der Waals surface area contributed by atoms with E-state index in [-0.39, 0.29) is 24.8 Å². The Morgan fingerprint density at radius 3 is 2.33 bits per heavy atom. The molecule has 0 fully saturated rings. The first-order valence-corrected chi connectivity index (χ1v) is 14.9. The number of anilines is 1. The number of unbranched alkanes of at least 4 members (excludes halogenated alkanes) is 1. The Balaban J connectivity index is 2.17. The third-order valence-electron chi connectivity index (χ3n) is 6.05. The second kappa shape index (κ2) is 13.8. The van der Waals surface area contributed by atoms with Gasteiger partial charge in [0.1, 0.15) is 6.04 Å². The molecule has 0 saturated carbocycles. The normalized spacial score (nSPS) is 12.2. The van der Waals surface area contributed by atoms with Gasteiger partial charge in [-0.2, -0.15) is 0 Å². The van der Waals surface area contributed by atoms with Gasteiger partial charge in [-0.1, -0.05) is 53.5 Å². The van der Waals surface area contributed by atoms with Crippen molar-refractivity contribution >= 4 is 43.5 Å². The molecule has 0 aliphatic rings. The molecule has 0 aliphatic heterocycles. The van der Waals surface area contributed by atoms with Gasteiger partial charge in [-0.15, -0.1) is 0 Å². The number of carbonyl (C=O) groups excluding carboxylic acids is 2. The first-order valence-electron chi connectivity index (χ1n) is 12.3. The highest BCUT2D eigenvalue weighted by Crippen LogP contribution is 2.25. The van der Waals surface area contributed by atoms with E-state index < -0.39 is 16.1 Å². The van der Waals surface area contributed by atoms with Gasteiger partial charge in [0, 0.05) is 30.5 Å². The Morgan fingerprint density at radius 1 is 1.06 bits per heavy atom. The number of rotatable bonds is 13. The lowest BCUT2D eigenvalue weighted by Gasteiger charge is -2.29. The van der Waals surface area contributed by atoms with Crippen LogP contribution in [0.2, 0.25) is 0 Å². The average molecular weight is 581 g/mol. The molecule has 198 valence electrons. The van der Waals surface area contributed by atoms with Crippen LogP contribution >= 0.6 is 15.9 Å². The van der Waals surface area contributed by atoms with Crippen molar-refractivity contribution in [1.29, 1.82) is 0 Å². The first-order chi connectivity index (χ1) is 16.9. The topological polar surface area (TPSA) is 86.8 Å². The van der Waals surface area contributed by atoms with Gasteiger partial charge in [0.25, 0.3) is 0 Å². The fourth-order valence-electron chi connectivity index (χ4n) is 3.88. The van der Waals surface area contributed by atoms with E-state index in [1.807, 2.05) is 56.3 Å². The Hall–Kier alpha value is -2.39. The van der Waals surface area contributed by atoms with Crippen molar-refractivity contribution in [3.05, 3.63) is 63.6 Å². The zero-order valence-corrected chi connectivity index (χ0v) is 24.3. The van der Waals surface area contributed by atoms with Crippen LogP contribution in [0.25, 0.3) is 0 Å². The lowest BCUT2D eigenvalue weighted by molar-refractivity contribution is -0.140. The average Bonchev–Trinajstić information content (AvgIpc) is 2.82. The van der Waals surface area contributed by atoms with Crippen molar-refractivity contribution in [3.8, 4) is 0 Å². The van der Waals surface area contributed by atoms with Crippen molar-refractivity contribution in [2.45, 2.75) is 66.0 Å². The highest BCUT2D eigenvalue weighted by atomic mass is 79.9. The molecule has 0 spiro atoms. The number of carbonyl (C=O) groups is 2. The summed E-state index contributed by atoms with van der Waals surface area (Å²) < 4.78 is 27.4. The maximum Gasteiger partial charge on any atom is 0.242 e. The Kier molecular flexibility index (Phi) is 11.4. The predicted molar refractivity (Wildman–Crippen MR) is 149 cm³/mol. The summed E-state index contributed by atoms with van der Waals surface area (Å²) in [6.07, 6.45) is 3.48. The molecule has 2 amide bonds. The van der Waals surface area contributed by atoms with Crippen LogP contribution in [0.3, 0.4) is 0 Å². The largest absolute Gasteiger partial charge is 0.354 e. The number of hydrogen-bond donors (Lipinski definition) is 1. The van der Waals surface area contributed by atoms with Crippen LogP contribution < -0.4 is 9.62 Å². The van der Waals surface area contributed by atoms with Crippen molar-refractivity contribution in [1.82, 2.24) is 10.2 Å². The van der Waals surface area contributed by atoms with E-state index in [1.165, 1.54) is 10.6 Å². The second-order valence-corrected chi connectivity index (χ2v) is 12.0. The number of benzene rings is 2. The van der Waals surface area contributed by atoms with E-state index >= 15 is 0 Å². The van der Waals surface area contributed by atoms with E-state index in [9.17, 15) is 18.0 Å². The molecule has 7 nitrogen and oxygen atoms in total. The smallest absolute Gasteiger partial charge is 0.242 e. The van der Waals surface area contributed by atoms with Gasteiger partial charge in [0.05, 0.1) is 11.9 Å². The molecule has 9 heteroatoms. The number of nitrogens with zero attached hydrogens (tertiary/aromatic N) is 2. The highest BCUT2D eigenvalue weighted by molar-refractivity contribution is 9.10. The van der Waals surface area contributed by atoms with Gasteiger partial charge >= 0.3 is 0 Å².